The lowest BCUT2D eigenvalue weighted by molar-refractivity contribution is 1.29. The molecule has 0 spiro atoms. The van der Waals surface area contributed by atoms with Crippen LogP contribution in [0.1, 0.15) is 0 Å². The second-order valence-electron chi connectivity index (χ2n) is 15.3. The molecule has 0 atom stereocenters. The molecule has 0 aromatic heterocycles. The quantitative estimate of drug-likeness (QED) is 0.147. The highest BCUT2D eigenvalue weighted by molar-refractivity contribution is 6.15. The Kier molecular flexibility index (Phi) is 8.56. The van der Waals surface area contributed by atoms with Crippen molar-refractivity contribution in [1.82, 2.24) is 0 Å². The van der Waals surface area contributed by atoms with E-state index < -0.39 is 0 Å². The van der Waals surface area contributed by atoms with E-state index in [2.05, 4.69) is 241 Å². The Balaban J connectivity index is 1.20. The zero-order valence-corrected chi connectivity index (χ0v) is 32.5. The third-order valence-electron chi connectivity index (χ3n) is 11.8. The van der Waals surface area contributed by atoms with Gasteiger partial charge in [0.2, 0.25) is 0 Å². The average Bonchev–Trinajstić information content (AvgIpc) is 3.32. The molecule has 11 rings (SSSR count). The van der Waals surface area contributed by atoms with Crippen LogP contribution in [0.2, 0.25) is 0 Å². The van der Waals surface area contributed by atoms with Crippen LogP contribution in [-0.2, 0) is 0 Å². The van der Waals surface area contributed by atoms with E-state index >= 15 is 0 Å². The molecule has 0 saturated carbocycles. The van der Waals surface area contributed by atoms with Crippen molar-refractivity contribution in [3.05, 3.63) is 237 Å². The van der Waals surface area contributed by atoms with Crippen LogP contribution in [-0.4, -0.2) is 0 Å². The molecule has 0 fully saturated rings. The minimum absolute atomic E-state index is 1.09. The van der Waals surface area contributed by atoms with Gasteiger partial charge in [0.1, 0.15) is 0 Å². The number of nitrogens with zero attached hydrogens (tertiary/aromatic N) is 1. The Morgan fingerprint density at radius 3 is 1.51 bits per heavy atom. The standard InChI is InChI=1S/C58H39N/c1-3-15-40(16-4-1)46-30-34-58(56(37-46)43-19-5-2-6-20-43)59(49-31-29-42-18-8-10-22-45(42)36-49)50-32-33-54(55(39-50)48-28-27-41-17-7-9-21-44(41)35-48)57-38-47-23-11-12-24-51(47)52-25-13-14-26-53(52)57/h1-39H. The second-order valence-corrected chi connectivity index (χ2v) is 15.3. The topological polar surface area (TPSA) is 3.24 Å². The van der Waals surface area contributed by atoms with Crippen molar-refractivity contribution in [2.45, 2.75) is 0 Å². The Hall–Kier alpha value is -7.74. The van der Waals surface area contributed by atoms with Crippen LogP contribution in [0.3, 0.4) is 0 Å². The molecule has 59 heavy (non-hydrogen) atoms. The summed E-state index contributed by atoms with van der Waals surface area (Å²) in [6, 6.07) is 86.5. The molecule has 0 heterocycles. The lowest BCUT2D eigenvalue weighted by Crippen LogP contribution is -2.12. The SMILES string of the molecule is c1ccc(-c2ccc(N(c3ccc(-c4cc5ccccc5c5ccccc45)c(-c4ccc5ccccc5c4)c3)c3ccc4ccccc4c3)c(-c3ccccc3)c2)cc1. The number of fused-ring (bicyclic) bond motifs is 5. The first-order valence-electron chi connectivity index (χ1n) is 20.3. The molecule has 11 aromatic carbocycles. The first kappa shape index (κ1) is 34.5. The summed E-state index contributed by atoms with van der Waals surface area (Å²) < 4.78 is 0. The van der Waals surface area contributed by atoms with Crippen LogP contribution >= 0.6 is 0 Å². The van der Waals surface area contributed by atoms with Gasteiger partial charge in [-0.25, -0.2) is 0 Å². The summed E-state index contributed by atoms with van der Waals surface area (Å²) in [5, 5.41) is 9.88. The van der Waals surface area contributed by atoms with Gasteiger partial charge < -0.3 is 4.90 Å². The number of benzene rings is 11. The zero-order valence-electron chi connectivity index (χ0n) is 32.5. The molecule has 0 amide bonds. The van der Waals surface area contributed by atoms with Crippen LogP contribution in [0.15, 0.2) is 237 Å². The van der Waals surface area contributed by atoms with Crippen LogP contribution < -0.4 is 4.90 Å². The molecule has 1 nitrogen and oxygen atoms in total. The Bertz CT molecular complexity index is 3330. The fourth-order valence-electron chi connectivity index (χ4n) is 8.91. The largest absolute Gasteiger partial charge is 0.310 e. The predicted molar refractivity (Wildman–Crippen MR) is 253 cm³/mol. The van der Waals surface area contributed by atoms with Gasteiger partial charge in [0.15, 0.2) is 0 Å². The van der Waals surface area contributed by atoms with Crippen LogP contribution in [0, 0.1) is 0 Å². The molecule has 0 saturated heterocycles. The van der Waals surface area contributed by atoms with Crippen molar-refractivity contribution in [3.63, 3.8) is 0 Å². The van der Waals surface area contributed by atoms with Gasteiger partial charge in [-0.05, 0) is 131 Å². The molecule has 0 aliphatic heterocycles. The summed E-state index contributed by atoms with van der Waals surface area (Å²) in [6.07, 6.45) is 0. The molecule has 1 heteroatoms. The highest BCUT2D eigenvalue weighted by Crippen LogP contribution is 2.47. The zero-order chi connectivity index (χ0) is 39.1. The van der Waals surface area contributed by atoms with E-state index in [1.54, 1.807) is 0 Å². The minimum atomic E-state index is 1.09. The summed E-state index contributed by atoms with van der Waals surface area (Å²) in [4.78, 5) is 2.45. The number of hydrogen-bond donors (Lipinski definition) is 0. The maximum atomic E-state index is 2.45. The lowest BCUT2D eigenvalue weighted by Gasteiger charge is -2.30. The van der Waals surface area contributed by atoms with E-state index in [1.807, 2.05) is 0 Å². The number of rotatable bonds is 7. The maximum Gasteiger partial charge on any atom is 0.0540 e. The number of anilines is 3. The van der Waals surface area contributed by atoms with Crippen molar-refractivity contribution in [2.75, 3.05) is 4.90 Å². The summed E-state index contributed by atoms with van der Waals surface area (Å²) in [5.41, 5.74) is 12.8. The summed E-state index contributed by atoms with van der Waals surface area (Å²) >= 11 is 0. The van der Waals surface area contributed by atoms with Crippen LogP contribution in [0.4, 0.5) is 17.1 Å². The third kappa shape index (κ3) is 6.30. The van der Waals surface area contributed by atoms with Gasteiger partial charge in [-0.15, -0.1) is 0 Å². The minimum Gasteiger partial charge on any atom is -0.310 e. The van der Waals surface area contributed by atoms with E-state index in [1.165, 1.54) is 82.0 Å². The average molecular weight is 750 g/mol. The Morgan fingerprint density at radius 1 is 0.220 bits per heavy atom. The molecule has 0 unspecified atom stereocenters. The summed E-state index contributed by atoms with van der Waals surface area (Å²) in [7, 11) is 0. The van der Waals surface area contributed by atoms with Crippen molar-refractivity contribution in [1.29, 1.82) is 0 Å². The molecule has 276 valence electrons. The van der Waals surface area contributed by atoms with Gasteiger partial charge >= 0.3 is 0 Å². The predicted octanol–water partition coefficient (Wildman–Crippen LogP) is 16.4. The molecule has 11 aromatic rings. The molecule has 0 radical (unpaired) electrons. The normalized spacial score (nSPS) is 11.4. The van der Waals surface area contributed by atoms with Gasteiger partial charge in [0.25, 0.3) is 0 Å². The van der Waals surface area contributed by atoms with E-state index in [-0.39, 0.29) is 0 Å². The number of hydrogen-bond acceptors (Lipinski definition) is 1. The van der Waals surface area contributed by atoms with Gasteiger partial charge in [0.05, 0.1) is 5.69 Å². The molecule has 0 bridgehead atoms. The van der Waals surface area contributed by atoms with Gasteiger partial charge in [-0.2, -0.15) is 0 Å². The monoisotopic (exact) mass is 749 g/mol. The Labute approximate surface area is 344 Å². The molecule has 0 aliphatic rings. The molecule has 0 N–H and O–H groups in total. The van der Waals surface area contributed by atoms with E-state index in [0.717, 1.165) is 22.6 Å². The van der Waals surface area contributed by atoms with Gasteiger partial charge in [-0.1, -0.05) is 188 Å². The van der Waals surface area contributed by atoms with E-state index in [9.17, 15) is 0 Å². The highest BCUT2D eigenvalue weighted by Gasteiger charge is 2.22. The van der Waals surface area contributed by atoms with Crippen LogP contribution in [0.25, 0.3) is 87.6 Å². The summed E-state index contributed by atoms with van der Waals surface area (Å²) in [6.45, 7) is 0. The molecular weight excluding hydrogens is 711 g/mol. The lowest BCUT2D eigenvalue weighted by atomic mass is 9.88. The fraction of sp³-hybridized carbons (Fsp3) is 0. The third-order valence-corrected chi connectivity index (χ3v) is 11.8. The summed E-state index contributed by atoms with van der Waals surface area (Å²) in [5.74, 6) is 0. The Morgan fingerprint density at radius 2 is 0.763 bits per heavy atom. The second kappa shape index (κ2) is 14.6. The van der Waals surface area contributed by atoms with Crippen molar-refractivity contribution in [3.8, 4) is 44.5 Å². The first-order chi connectivity index (χ1) is 29.2. The van der Waals surface area contributed by atoms with Gasteiger partial charge in [0, 0.05) is 16.9 Å². The van der Waals surface area contributed by atoms with Gasteiger partial charge in [-0.3, -0.25) is 0 Å². The van der Waals surface area contributed by atoms with Crippen molar-refractivity contribution >= 4 is 60.2 Å². The first-order valence-corrected chi connectivity index (χ1v) is 20.3. The van der Waals surface area contributed by atoms with Crippen LogP contribution in [0.5, 0.6) is 0 Å². The maximum absolute atomic E-state index is 2.45. The molecule has 0 aliphatic carbocycles. The van der Waals surface area contributed by atoms with E-state index in [4.69, 9.17) is 0 Å². The molecular formula is C58H39N. The van der Waals surface area contributed by atoms with Crippen molar-refractivity contribution < 1.29 is 0 Å². The highest BCUT2D eigenvalue weighted by atomic mass is 15.1. The van der Waals surface area contributed by atoms with Crippen molar-refractivity contribution in [2.24, 2.45) is 0 Å². The smallest absolute Gasteiger partial charge is 0.0540 e. The van der Waals surface area contributed by atoms with E-state index in [0.29, 0.717) is 0 Å². The fourth-order valence-corrected chi connectivity index (χ4v) is 8.91.